The minimum atomic E-state index is -0.438. The normalized spacial score (nSPS) is 12.7. The largest absolute Gasteiger partial charge is 0.320 e. The molecule has 168 valence electrons. The Morgan fingerprint density at radius 3 is 2.18 bits per heavy atom. The van der Waals surface area contributed by atoms with E-state index < -0.39 is 11.8 Å². The molecule has 1 aliphatic rings. The van der Waals surface area contributed by atoms with Gasteiger partial charge in [-0.3, -0.25) is 14.4 Å². The van der Waals surface area contributed by atoms with E-state index in [-0.39, 0.29) is 22.6 Å². The van der Waals surface area contributed by atoms with Crippen molar-refractivity contribution in [2.75, 3.05) is 10.2 Å². The Bertz CT molecular complexity index is 1480. The first-order valence-corrected chi connectivity index (χ1v) is 10.9. The van der Waals surface area contributed by atoms with Crippen LogP contribution in [0.15, 0.2) is 72.8 Å². The van der Waals surface area contributed by atoms with E-state index in [1.165, 1.54) is 17.0 Å². The van der Waals surface area contributed by atoms with Crippen LogP contribution in [-0.2, 0) is 0 Å². The first-order chi connectivity index (χ1) is 16.3. The maximum Gasteiger partial charge on any atom is 0.266 e. The number of imide groups is 1. The highest BCUT2D eigenvalue weighted by molar-refractivity contribution is 6.35. The highest BCUT2D eigenvalue weighted by Crippen LogP contribution is 2.31. The molecule has 5 rings (SSSR count). The predicted octanol–water partition coefficient (Wildman–Crippen LogP) is 4.85. The lowest BCUT2D eigenvalue weighted by atomic mass is 10.1. The fourth-order valence-electron chi connectivity index (χ4n) is 4.25. The molecule has 0 radical (unpaired) electrons. The van der Waals surface area contributed by atoms with Crippen molar-refractivity contribution in [2.24, 2.45) is 0 Å². The minimum absolute atomic E-state index is 0.215. The summed E-state index contributed by atoms with van der Waals surface area (Å²) in [6.07, 6.45) is 0. The Hall–Kier alpha value is -4.52. The second kappa shape index (κ2) is 8.12. The Kier molecular flexibility index (Phi) is 5.09. The molecule has 1 aromatic heterocycles. The third-order valence-electron chi connectivity index (χ3n) is 5.90. The Morgan fingerprint density at radius 1 is 0.794 bits per heavy atom. The van der Waals surface area contributed by atoms with Crippen LogP contribution >= 0.6 is 0 Å². The minimum Gasteiger partial charge on any atom is -0.320 e. The number of aryl methyl sites for hydroxylation is 3. The zero-order valence-electron chi connectivity index (χ0n) is 19.0. The van der Waals surface area contributed by atoms with Crippen LogP contribution in [0.3, 0.4) is 0 Å². The molecule has 0 atom stereocenters. The van der Waals surface area contributed by atoms with Crippen LogP contribution < -0.4 is 10.2 Å². The van der Waals surface area contributed by atoms with Crippen LogP contribution in [0, 0.1) is 20.8 Å². The average molecular weight is 450 g/mol. The molecule has 0 bridgehead atoms. The van der Waals surface area contributed by atoms with Crippen LogP contribution in [0.4, 0.5) is 11.4 Å². The molecule has 2 heterocycles. The standard InChI is InChI=1S/C27H22N4O3/c1-16-8-4-6-10-23(16)30-26(33)20-13-12-19(15-21(20)27(30)34)25(32)28-22-9-5-7-11-24(22)31-18(3)14-17(2)29-31/h4-15H,1-3H3,(H,28,32). The lowest BCUT2D eigenvalue weighted by Gasteiger charge is -2.16. The van der Waals surface area contributed by atoms with Crippen molar-refractivity contribution >= 4 is 29.1 Å². The maximum atomic E-state index is 13.1. The number of fused-ring (bicyclic) bond motifs is 1. The van der Waals surface area contributed by atoms with Crippen molar-refractivity contribution in [1.29, 1.82) is 0 Å². The fourth-order valence-corrected chi connectivity index (χ4v) is 4.25. The van der Waals surface area contributed by atoms with Gasteiger partial charge in [-0.05, 0) is 68.8 Å². The molecular weight excluding hydrogens is 428 g/mol. The molecule has 0 aliphatic carbocycles. The number of rotatable bonds is 4. The SMILES string of the molecule is Cc1cc(C)n(-c2ccccc2NC(=O)c2ccc3c(c2)C(=O)N(c2ccccc2C)C3=O)n1. The molecule has 0 unspecified atom stereocenters. The van der Waals surface area contributed by atoms with Gasteiger partial charge in [-0.15, -0.1) is 0 Å². The second-order valence-corrected chi connectivity index (χ2v) is 8.30. The van der Waals surface area contributed by atoms with E-state index >= 15 is 0 Å². The molecule has 3 amide bonds. The number of carbonyl (C=O) groups is 3. The molecule has 1 N–H and O–H groups in total. The van der Waals surface area contributed by atoms with Gasteiger partial charge in [-0.25, -0.2) is 9.58 Å². The van der Waals surface area contributed by atoms with E-state index in [2.05, 4.69) is 10.4 Å². The highest BCUT2D eigenvalue weighted by atomic mass is 16.2. The second-order valence-electron chi connectivity index (χ2n) is 8.30. The maximum absolute atomic E-state index is 13.1. The van der Waals surface area contributed by atoms with Gasteiger partial charge in [0, 0.05) is 11.3 Å². The summed E-state index contributed by atoms with van der Waals surface area (Å²) in [5, 5.41) is 7.43. The number of nitrogens with one attached hydrogen (secondary N) is 1. The fraction of sp³-hybridized carbons (Fsp3) is 0.111. The summed E-state index contributed by atoms with van der Waals surface area (Å²) in [7, 11) is 0. The summed E-state index contributed by atoms with van der Waals surface area (Å²) in [4.78, 5) is 40.4. The van der Waals surface area contributed by atoms with E-state index in [1.54, 1.807) is 28.9 Å². The van der Waals surface area contributed by atoms with Gasteiger partial charge in [0.1, 0.15) is 0 Å². The molecule has 3 aromatic carbocycles. The molecule has 0 saturated carbocycles. The number of benzene rings is 3. The van der Waals surface area contributed by atoms with Gasteiger partial charge in [0.15, 0.2) is 0 Å². The zero-order valence-corrected chi connectivity index (χ0v) is 19.0. The van der Waals surface area contributed by atoms with Gasteiger partial charge in [0.2, 0.25) is 0 Å². The molecule has 0 fully saturated rings. The van der Waals surface area contributed by atoms with Crippen LogP contribution in [0.2, 0.25) is 0 Å². The molecule has 7 nitrogen and oxygen atoms in total. The van der Waals surface area contributed by atoms with Gasteiger partial charge in [-0.1, -0.05) is 30.3 Å². The van der Waals surface area contributed by atoms with Crippen LogP contribution in [0.1, 0.15) is 48.0 Å². The van der Waals surface area contributed by atoms with E-state index in [4.69, 9.17) is 0 Å². The molecule has 34 heavy (non-hydrogen) atoms. The van der Waals surface area contributed by atoms with E-state index in [0.29, 0.717) is 11.4 Å². The number of aromatic nitrogens is 2. The molecule has 1 aliphatic heterocycles. The van der Waals surface area contributed by atoms with E-state index in [1.807, 2.05) is 57.2 Å². The van der Waals surface area contributed by atoms with Gasteiger partial charge < -0.3 is 5.32 Å². The van der Waals surface area contributed by atoms with E-state index in [9.17, 15) is 14.4 Å². The Labute approximate surface area is 196 Å². The van der Waals surface area contributed by atoms with Gasteiger partial charge in [-0.2, -0.15) is 5.10 Å². The smallest absolute Gasteiger partial charge is 0.266 e. The van der Waals surface area contributed by atoms with Crippen molar-refractivity contribution in [2.45, 2.75) is 20.8 Å². The Morgan fingerprint density at radius 2 is 1.47 bits per heavy atom. The summed E-state index contributed by atoms with van der Waals surface area (Å²) in [6.45, 7) is 5.70. The van der Waals surface area contributed by atoms with Crippen molar-refractivity contribution in [1.82, 2.24) is 9.78 Å². The van der Waals surface area contributed by atoms with Gasteiger partial charge >= 0.3 is 0 Å². The molecule has 4 aromatic rings. The number of para-hydroxylation sites is 3. The van der Waals surface area contributed by atoms with Crippen LogP contribution in [-0.4, -0.2) is 27.5 Å². The number of hydrogen-bond acceptors (Lipinski definition) is 4. The number of anilines is 2. The quantitative estimate of drug-likeness (QED) is 0.451. The average Bonchev–Trinajstić information content (AvgIpc) is 3.29. The van der Waals surface area contributed by atoms with Crippen molar-refractivity contribution in [3.05, 3.63) is 106 Å². The summed E-state index contributed by atoms with van der Waals surface area (Å²) in [6, 6.07) is 21.1. The third kappa shape index (κ3) is 3.47. The third-order valence-corrected chi connectivity index (χ3v) is 5.90. The lowest BCUT2D eigenvalue weighted by molar-refractivity contribution is 0.0925. The molecule has 7 heteroatoms. The van der Waals surface area contributed by atoms with Crippen molar-refractivity contribution in [3.63, 3.8) is 0 Å². The topological polar surface area (TPSA) is 84.3 Å². The van der Waals surface area contributed by atoms with E-state index in [0.717, 1.165) is 22.6 Å². The van der Waals surface area contributed by atoms with Crippen molar-refractivity contribution in [3.8, 4) is 5.69 Å². The highest BCUT2D eigenvalue weighted by Gasteiger charge is 2.37. The predicted molar refractivity (Wildman–Crippen MR) is 130 cm³/mol. The number of hydrogen-bond donors (Lipinski definition) is 1. The van der Waals surface area contributed by atoms with Crippen LogP contribution in [0.5, 0.6) is 0 Å². The number of amides is 3. The first kappa shape index (κ1) is 21.3. The lowest BCUT2D eigenvalue weighted by Crippen LogP contribution is -2.29. The summed E-state index contributed by atoms with van der Waals surface area (Å²) in [5.41, 5.74) is 5.28. The summed E-state index contributed by atoms with van der Waals surface area (Å²) in [5.74, 6) is -1.21. The van der Waals surface area contributed by atoms with Crippen LogP contribution in [0.25, 0.3) is 5.69 Å². The first-order valence-electron chi connectivity index (χ1n) is 10.9. The molecule has 0 spiro atoms. The molecule has 0 saturated heterocycles. The number of carbonyl (C=O) groups excluding carboxylic acids is 3. The Balaban J connectivity index is 1.46. The van der Waals surface area contributed by atoms with Gasteiger partial charge in [0.05, 0.1) is 33.9 Å². The number of nitrogens with zero attached hydrogens (tertiary/aromatic N) is 3. The zero-order chi connectivity index (χ0) is 24.0. The van der Waals surface area contributed by atoms with Crippen molar-refractivity contribution < 1.29 is 14.4 Å². The monoisotopic (exact) mass is 450 g/mol. The van der Waals surface area contributed by atoms with Gasteiger partial charge in [0.25, 0.3) is 17.7 Å². The summed E-state index contributed by atoms with van der Waals surface area (Å²) < 4.78 is 1.77. The summed E-state index contributed by atoms with van der Waals surface area (Å²) >= 11 is 0. The molecular formula is C27H22N4O3.